The molecule has 0 fully saturated rings. The SMILES string of the molecule is C[C@H](CO)NC(=O)C[C@H]1CC=CCC[C@H](NC(=O)OCC2c3ccccc3-c3ccccc32)C(=O)OCC(C)(C)NC1=O. The zero-order valence-corrected chi connectivity index (χ0v) is 24.9. The van der Waals surface area contributed by atoms with E-state index in [1.165, 1.54) is 0 Å². The van der Waals surface area contributed by atoms with Gasteiger partial charge in [0.1, 0.15) is 19.3 Å². The molecule has 0 aromatic heterocycles. The number of hydrogen-bond acceptors (Lipinski definition) is 7. The van der Waals surface area contributed by atoms with Crippen molar-refractivity contribution in [3.63, 3.8) is 0 Å². The highest BCUT2D eigenvalue weighted by molar-refractivity contribution is 5.86. The number of carbonyl (C=O) groups excluding carboxylic acids is 4. The number of carbonyl (C=O) groups is 4. The number of hydrogen-bond donors (Lipinski definition) is 4. The Morgan fingerprint density at radius 3 is 2.37 bits per heavy atom. The molecule has 3 atom stereocenters. The van der Waals surface area contributed by atoms with Crippen molar-refractivity contribution in [3.05, 3.63) is 71.8 Å². The Balaban J connectivity index is 1.39. The number of ether oxygens (including phenoxy) is 2. The van der Waals surface area contributed by atoms with E-state index in [1.54, 1.807) is 26.8 Å². The lowest BCUT2D eigenvalue weighted by molar-refractivity contribution is -0.149. The monoisotopic (exact) mass is 591 g/mol. The first kappa shape index (κ1) is 31.7. The molecule has 3 amide bonds. The van der Waals surface area contributed by atoms with Crippen LogP contribution in [0, 0.1) is 5.92 Å². The number of aliphatic hydroxyl groups is 1. The Kier molecular flexibility index (Phi) is 10.6. The summed E-state index contributed by atoms with van der Waals surface area (Å²) in [5.41, 5.74) is 3.49. The first-order valence-electron chi connectivity index (χ1n) is 14.7. The lowest BCUT2D eigenvalue weighted by Gasteiger charge is -2.29. The van der Waals surface area contributed by atoms with Crippen molar-refractivity contribution in [2.45, 2.75) is 70.0 Å². The minimum atomic E-state index is -0.950. The predicted molar refractivity (Wildman–Crippen MR) is 161 cm³/mol. The molecule has 1 aliphatic carbocycles. The zero-order valence-electron chi connectivity index (χ0n) is 24.9. The van der Waals surface area contributed by atoms with Crippen molar-refractivity contribution in [1.29, 1.82) is 0 Å². The molecule has 230 valence electrons. The highest BCUT2D eigenvalue weighted by Gasteiger charge is 2.32. The highest BCUT2D eigenvalue weighted by Crippen LogP contribution is 2.44. The first-order chi connectivity index (χ1) is 20.6. The van der Waals surface area contributed by atoms with Crippen molar-refractivity contribution in [2.24, 2.45) is 5.92 Å². The molecule has 2 aliphatic rings. The fraction of sp³-hybridized carbons (Fsp3) is 0.455. The number of allylic oxidation sites excluding steroid dienone is 2. The average molecular weight is 592 g/mol. The van der Waals surface area contributed by atoms with Crippen LogP contribution in [0.5, 0.6) is 0 Å². The van der Waals surface area contributed by atoms with E-state index >= 15 is 0 Å². The Labute approximate surface area is 252 Å². The molecule has 1 heterocycles. The van der Waals surface area contributed by atoms with Crippen molar-refractivity contribution in [1.82, 2.24) is 16.0 Å². The van der Waals surface area contributed by atoms with Crippen molar-refractivity contribution in [3.8, 4) is 11.1 Å². The van der Waals surface area contributed by atoms with Crippen LogP contribution in [0.1, 0.15) is 63.5 Å². The van der Waals surface area contributed by atoms with Crippen LogP contribution >= 0.6 is 0 Å². The van der Waals surface area contributed by atoms with E-state index in [9.17, 15) is 24.3 Å². The number of benzene rings is 2. The fourth-order valence-corrected chi connectivity index (χ4v) is 5.38. The maximum Gasteiger partial charge on any atom is 0.407 e. The van der Waals surface area contributed by atoms with Crippen LogP contribution < -0.4 is 16.0 Å². The maximum absolute atomic E-state index is 13.1. The number of esters is 1. The quantitative estimate of drug-likeness (QED) is 0.285. The minimum absolute atomic E-state index is 0.0532. The molecule has 0 saturated heterocycles. The molecule has 2 aromatic rings. The second-order valence-electron chi connectivity index (χ2n) is 11.8. The smallest absolute Gasteiger partial charge is 0.407 e. The van der Waals surface area contributed by atoms with Crippen LogP contribution in [0.15, 0.2) is 60.7 Å². The van der Waals surface area contributed by atoms with Crippen LogP contribution in [0.2, 0.25) is 0 Å². The third-order valence-corrected chi connectivity index (χ3v) is 7.65. The van der Waals surface area contributed by atoms with Crippen LogP contribution in [-0.4, -0.2) is 66.4 Å². The van der Waals surface area contributed by atoms with Crippen LogP contribution in [0.25, 0.3) is 11.1 Å². The molecule has 0 saturated carbocycles. The molecule has 1 aliphatic heterocycles. The van der Waals surface area contributed by atoms with Gasteiger partial charge in [0, 0.05) is 18.4 Å². The second-order valence-corrected chi connectivity index (χ2v) is 11.8. The number of cyclic esters (lactones) is 1. The summed E-state index contributed by atoms with van der Waals surface area (Å²) in [7, 11) is 0. The van der Waals surface area contributed by atoms with Crippen LogP contribution in [0.3, 0.4) is 0 Å². The van der Waals surface area contributed by atoms with E-state index in [4.69, 9.17) is 9.47 Å². The van der Waals surface area contributed by atoms with E-state index < -0.39 is 35.6 Å². The van der Waals surface area contributed by atoms with Gasteiger partial charge in [-0.3, -0.25) is 9.59 Å². The normalized spacial score (nSPS) is 21.0. The maximum atomic E-state index is 13.1. The summed E-state index contributed by atoms with van der Waals surface area (Å²) in [6.07, 6.45) is 3.85. The van der Waals surface area contributed by atoms with E-state index in [-0.39, 0.29) is 50.4 Å². The van der Waals surface area contributed by atoms with Gasteiger partial charge in [0.05, 0.1) is 18.1 Å². The van der Waals surface area contributed by atoms with E-state index in [1.807, 2.05) is 42.5 Å². The zero-order chi connectivity index (χ0) is 31.0. The van der Waals surface area contributed by atoms with Gasteiger partial charge < -0.3 is 30.5 Å². The third-order valence-electron chi connectivity index (χ3n) is 7.65. The van der Waals surface area contributed by atoms with E-state index in [0.29, 0.717) is 12.8 Å². The van der Waals surface area contributed by atoms with Crippen molar-refractivity contribution < 1.29 is 33.8 Å². The van der Waals surface area contributed by atoms with Crippen molar-refractivity contribution in [2.75, 3.05) is 19.8 Å². The van der Waals surface area contributed by atoms with Gasteiger partial charge in [-0.2, -0.15) is 0 Å². The molecule has 2 aromatic carbocycles. The third kappa shape index (κ3) is 8.44. The number of fused-ring (bicyclic) bond motifs is 3. The summed E-state index contributed by atoms with van der Waals surface area (Å²) in [4.78, 5) is 51.4. The summed E-state index contributed by atoms with van der Waals surface area (Å²) in [6, 6.07) is 14.7. The van der Waals surface area contributed by atoms with Gasteiger partial charge in [-0.15, -0.1) is 0 Å². The average Bonchev–Trinajstić information content (AvgIpc) is 3.30. The second kappa shape index (κ2) is 14.3. The van der Waals surface area contributed by atoms with Gasteiger partial charge in [0.2, 0.25) is 11.8 Å². The molecular formula is C33H41N3O7. The van der Waals surface area contributed by atoms with Gasteiger partial charge in [-0.05, 0) is 62.3 Å². The molecule has 4 rings (SSSR count). The van der Waals surface area contributed by atoms with Crippen LogP contribution in [0.4, 0.5) is 4.79 Å². The van der Waals surface area contributed by atoms with E-state index in [0.717, 1.165) is 22.3 Å². The van der Waals surface area contributed by atoms with Gasteiger partial charge in [0.25, 0.3) is 0 Å². The standard InChI is InChI=1S/C33H41N3O7/c1-21(18-37)34-29(38)17-22-11-5-4-6-16-28(31(40)43-20-33(2,3)36-30(22)39)35-32(41)42-19-27-25-14-9-7-12-23(25)24-13-8-10-15-26(24)27/h4-5,7-10,12-15,21-22,27-28,37H,6,11,16-20H2,1-3H3,(H,34,38)(H,35,41)(H,36,39)/t21-,22-,28+/m1/s1. The highest BCUT2D eigenvalue weighted by atomic mass is 16.6. The minimum Gasteiger partial charge on any atom is -0.462 e. The molecule has 0 bridgehead atoms. The topological polar surface area (TPSA) is 143 Å². The number of alkyl carbamates (subject to hydrolysis) is 1. The summed E-state index contributed by atoms with van der Waals surface area (Å²) >= 11 is 0. The van der Waals surface area contributed by atoms with Crippen LogP contribution in [-0.2, 0) is 23.9 Å². The summed E-state index contributed by atoms with van der Waals surface area (Å²) in [5, 5.41) is 17.4. The molecule has 0 unspecified atom stereocenters. The molecule has 4 N–H and O–H groups in total. The molecule has 0 radical (unpaired) electrons. The first-order valence-corrected chi connectivity index (χ1v) is 14.7. The Bertz CT molecular complexity index is 1310. The van der Waals surface area contributed by atoms with Gasteiger partial charge in [-0.1, -0.05) is 60.7 Å². The lowest BCUT2D eigenvalue weighted by atomic mass is 9.96. The van der Waals surface area contributed by atoms with Crippen molar-refractivity contribution >= 4 is 23.9 Å². The fourth-order valence-electron chi connectivity index (χ4n) is 5.38. The summed E-state index contributed by atoms with van der Waals surface area (Å²) < 4.78 is 11.2. The van der Waals surface area contributed by atoms with E-state index in [2.05, 4.69) is 28.1 Å². The Hall–Kier alpha value is -4.18. The number of nitrogens with one attached hydrogen (secondary N) is 3. The number of amides is 3. The molecule has 43 heavy (non-hydrogen) atoms. The number of aliphatic hydroxyl groups excluding tert-OH is 1. The van der Waals surface area contributed by atoms with Gasteiger partial charge >= 0.3 is 12.1 Å². The summed E-state index contributed by atoms with van der Waals surface area (Å²) in [5.74, 6) is -2.06. The lowest BCUT2D eigenvalue weighted by Crippen LogP contribution is -2.51. The largest absolute Gasteiger partial charge is 0.462 e. The summed E-state index contributed by atoms with van der Waals surface area (Å²) in [6.45, 7) is 4.89. The molecule has 10 heteroatoms. The number of rotatable bonds is 7. The molecule has 0 spiro atoms. The Morgan fingerprint density at radius 2 is 1.72 bits per heavy atom. The van der Waals surface area contributed by atoms with Gasteiger partial charge in [-0.25, -0.2) is 9.59 Å². The Morgan fingerprint density at radius 1 is 1.07 bits per heavy atom. The molecule has 10 nitrogen and oxygen atoms in total. The van der Waals surface area contributed by atoms with Gasteiger partial charge in [0.15, 0.2) is 0 Å². The predicted octanol–water partition coefficient (Wildman–Crippen LogP) is 3.58. The molecular weight excluding hydrogens is 550 g/mol.